The largest absolute Gasteiger partial charge is 0.369 e. The molecule has 31 heavy (non-hydrogen) atoms. The first-order chi connectivity index (χ1) is 14.5. The molecule has 0 spiro atoms. The molecule has 1 aromatic carbocycles. The predicted octanol–water partition coefficient (Wildman–Crippen LogP) is 2.20. The Morgan fingerprint density at radius 1 is 1.29 bits per heavy atom. The molecule has 4 rings (SSSR count). The lowest BCUT2D eigenvalue weighted by molar-refractivity contribution is 0.102. The Morgan fingerprint density at radius 2 is 2.03 bits per heavy atom. The van der Waals surface area contributed by atoms with Gasteiger partial charge >= 0.3 is 0 Å². The Balaban J connectivity index is 1.77. The molecule has 1 fully saturated rings. The lowest BCUT2D eigenvalue weighted by Gasteiger charge is -2.39. The van der Waals surface area contributed by atoms with Crippen LogP contribution < -0.4 is 11.1 Å². The summed E-state index contributed by atoms with van der Waals surface area (Å²) >= 11 is 0. The molecule has 3 atom stereocenters. The fraction of sp³-hybridized carbons (Fsp3) is 0.350. The number of nitrogens with two attached hydrogens (primary N) is 1. The van der Waals surface area contributed by atoms with Gasteiger partial charge in [0, 0.05) is 18.3 Å². The van der Waals surface area contributed by atoms with Gasteiger partial charge in [-0.25, -0.2) is 31.5 Å². The van der Waals surface area contributed by atoms with E-state index in [-0.39, 0.29) is 28.8 Å². The number of nitrogens with zero attached hydrogens (tertiary/aromatic N) is 3. The molecule has 164 valence electrons. The summed E-state index contributed by atoms with van der Waals surface area (Å²) in [5.41, 5.74) is 4.75. The lowest BCUT2D eigenvalue weighted by atomic mass is 9.86. The number of anilines is 1. The van der Waals surface area contributed by atoms with Crippen molar-refractivity contribution in [2.45, 2.75) is 30.6 Å². The molecule has 0 radical (unpaired) electrons. The minimum Gasteiger partial charge on any atom is -0.369 e. The molecule has 1 amide bonds. The van der Waals surface area contributed by atoms with Crippen LogP contribution in [0, 0.1) is 17.6 Å². The summed E-state index contributed by atoms with van der Waals surface area (Å²) in [6.45, 7) is 1.88. The highest BCUT2D eigenvalue weighted by Gasteiger charge is 2.58. The van der Waals surface area contributed by atoms with Crippen molar-refractivity contribution in [1.29, 1.82) is 0 Å². The van der Waals surface area contributed by atoms with Crippen molar-refractivity contribution in [3.8, 4) is 0 Å². The average molecular weight is 449 g/mol. The minimum absolute atomic E-state index is 0.0260. The number of benzene rings is 1. The van der Waals surface area contributed by atoms with Gasteiger partial charge in [-0.1, -0.05) is 6.92 Å². The Bertz CT molecular complexity index is 1190. The molecule has 11 heteroatoms. The number of guanidine groups is 1. The average Bonchev–Trinajstić information content (AvgIpc) is 3.06. The van der Waals surface area contributed by atoms with Gasteiger partial charge in [0.05, 0.1) is 6.20 Å². The highest BCUT2D eigenvalue weighted by molar-refractivity contribution is 7.90. The van der Waals surface area contributed by atoms with Gasteiger partial charge in [-0.2, -0.15) is 0 Å². The SMILES string of the molecule is CC1CC2C(c3cc(NC(=O)c4ccc(F)cn4)ccc3F)(C1)N=C(N)N(C)S2(=O)=O. The molecule has 0 saturated heterocycles. The highest BCUT2D eigenvalue weighted by Crippen LogP contribution is 2.52. The summed E-state index contributed by atoms with van der Waals surface area (Å²) in [7, 11) is -2.53. The maximum absolute atomic E-state index is 15.0. The molecule has 1 aliphatic carbocycles. The highest BCUT2D eigenvalue weighted by atomic mass is 32.2. The van der Waals surface area contributed by atoms with Gasteiger partial charge in [0.2, 0.25) is 16.0 Å². The number of aliphatic imine (C=N–C) groups is 1. The first kappa shape index (κ1) is 21.2. The van der Waals surface area contributed by atoms with Crippen molar-refractivity contribution >= 4 is 27.6 Å². The number of hydrogen-bond acceptors (Lipinski definition) is 6. The number of halogens is 2. The number of hydrogen-bond donors (Lipinski definition) is 2. The zero-order valence-corrected chi connectivity index (χ0v) is 17.7. The van der Waals surface area contributed by atoms with Crippen molar-refractivity contribution in [1.82, 2.24) is 9.29 Å². The van der Waals surface area contributed by atoms with Crippen LogP contribution in [0.3, 0.4) is 0 Å². The van der Waals surface area contributed by atoms with E-state index >= 15 is 4.39 Å². The number of aromatic nitrogens is 1. The molecule has 2 heterocycles. The second kappa shape index (κ2) is 7.26. The van der Waals surface area contributed by atoms with Crippen LogP contribution in [0.25, 0.3) is 0 Å². The number of nitrogens with one attached hydrogen (secondary N) is 1. The van der Waals surface area contributed by atoms with Gasteiger partial charge in [-0.3, -0.25) is 4.79 Å². The second-order valence-corrected chi connectivity index (χ2v) is 10.1. The Hall–Kier alpha value is -3.08. The van der Waals surface area contributed by atoms with Gasteiger partial charge < -0.3 is 11.1 Å². The summed E-state index contributed by atoms with van der Waals surface area (Å²) in [5, 5.41) is 1.60. The number of carbonyl (C=O) groups is 1. The number of fused-ring (bicyclic) bond motifs is 1. The van der Waals surface area contributed by atoms with E-state index in [1.807, 2.05) is 6.92 Å². The Kier molecular flexibility index (Phi) is 4.95. The molecule has 1 aliphatic heterocycles. The zero-order valence-electron chi connectivity index (χ0n) is 16.8. The number of pyridine rings is 1. The maximum Gasteiger partial charge on any atom is 0.274 e. The van der Waals surface area contributed by atoms with Gasteiger partial charge in [0.15, 0.2) is 0 Å². The second-order valence-electron chi connectivity index (χ2n) is 7.95. The number of amides is 1. The normalized spacial score (nSPS) is 26.8. The van der Waals surface area contributed by atoms with Crippen LogP contribution >= 0.6 is 0 Å². The van der Waals surface area contributed by atoms with E-state index in [4.69, 9.17) is 5.73 Å². The summed E-state index contributed by atoms with van der Waals surface area (Å²) < 4.78 is 55.1. The van der Waals surface area contributed by atoms with Gasteiger partial charge in [0.1, 0.15) is 28.1 Å². The van der Waals surface area contributed by atoms with Gasteiger partial charge in [-0.05, 0) is 49.1 Å². The third kappa shape index (κ3) is 3.42. The zero-order chi connectivity index (χ0) is 22.6. The summed E-state index contributed by atoms with van der Waals surface area (Å²) in [6, 6.07) is 6.19. The minimum atomic E-state index is -3.85. The van der Waals surface area contributed by atoms with Crippen LogP contribution in [0.1, 0.15) is 35.8 Å². The van der Waals surface area contributed by atoms with Gasteiger partial charge in [0.25, 0.3) is 5.91 Å². The molecule has 1 saturated carbocycles. The summed E-state index contributed by atoms with van der Waals surface area (Å²) in [4.78, 5) is 20.6. The smallest absolute Gasteiger partial charge is 0.274 e. The van der Waals surface area contributed by atoms with E-state index in [9.17, 15) is 17.6 Å². The maximum atomic E-state index is 15.0. The number of sulfonamides is 1. The van der Waals surface area contributed by atoms with Crippen LogP contribution in [0.15, 0.2) is 41.5 Å². The van der Waals surface area contributed by atoms with E-state index in [0.717, 1.165) is 22.6 Å². The van der Waals surface area contributed by atoms with E-state index in [1.54, 1.807) is 0 Å². The molecule has 2 aromatic rings. The van der Waals surface area contributed by atoms with Crippen LogP contribution in [-0.4, -0.2) is 41.9 Å². The standard InChI is InChI=1S/C20H21F2N5O3S/c1-11-7-17-20(9-11,26-19(23)27(2)31(17,29)30)14-8-13(4-5-15(14)22)25-18(28)16-6-3-12(21)10-24-16/h3-6,8,10-11,17H,7,9H2,1-2H3,(H2,23,26)(H,25,28). The van der Waals surface area contributed by atoms with Crippen molar-refractivity contribution < 1.29 is 22.0 Å². The van der Waals surface area contributed by atoms with Crippen LogP contribution in [0.4, 0.5) is 14.5 Å². The fourth-order valence-electron chi connectivity index (χ4n) is 4.37. The Labute approximate surface area is 178 Å². The summed E-state index contributed by atoms with van der Waals surface area (Å²) in [5.74, 6) is -2.10. The molecule has 3 N–H and O–H groups in total. The quantitative estimate of drug-likeness (QED) is 0.745. The van der Waals surface area contributed by atoms with Crippen molar-refractivity contribution in [2.75, 3.05) is 12.4 Å². The van der Waals surface area contributed by atoms with Gasteiger partial charge in [-0.15, -0.1) is 0 Å². The number of carbonyl (C=O) groups excluding carboxylic acids is 1. The van der Waals surface area contributed by atoms with E-state index < -0.39 is 38.4 Å². The molecular weight excluding hydrogens is 428 g/mol. The van der Waals surface area contributed by atoms with Crippen molar-refractivity contribution in [2.24, 2.45) is 16.6 Å². The molecule has 8 nitrogen and oxygen atoms in total. The lowest BCUT2D eigenvalue weighted by Crippen LogP contribution is -2.55. The third-order valence-corrected chi connectivity index (χ3v) is 8.09. The van der Waals surface area contributed by atoms with E-state index in [2.05, 4.69) is 15.3 Å². The Morgan fingerprint density at radius 3 is 2.71 bits per heavy atom. The first-order valence-electron chi connectivity index (χ1n) is 9.60. The molecular formula is C20H21F2N5O3S. The third-order valence-electron chi connectivity index (χ3n) is 5.84. The molecule has 2 aliphatic rings. The van der Waals surface area contributed by atoms with Crippen LogP contribution in [0.2, 0.25) is 0 Å². The topological polar surface area (TPSA) is 118 Å². The predicted molar refractivity (Wildman–Crippen MR) is 111 cm³/mol. The first-order valence-corrected chi connectivity index (χ1v) is 11.1. The van der Waals surface area contributed by atoms with Crippen LogP contribution in [-0.2, 0) is 15.6 Å². The van der Waals surface area contributed by atoms with Crippen molar-refractivity contribution in [3.63, 3.8) is 0 Å². The van der Waals surface area contributed by atoms with E-state index in [0.29, 0.717) is 12.8 Å². The molecule has 0 bridgehead atoms. The molecule has 3 unspecified atom stereocenters. The van der Waals surface area contributed by atoms with E-state index in [1.165, 1.54) is 25.2 Å². The fourth-order valence-corrected chi connectivity index (χ4v) is 6.40. The molecule has 1 aromatic heterocycles. The van der Waals surface area contributed by atoms with Crippen molar-refractivity contribution in [3.05, 3.63) is 59.4 Å². The summed E-state index contributed by atoms with van der Waals surface area (Å²) in [6.07, 6.45) is 1.51. The number of rotatable bonds is 3. The van der Waals surface area contributed by atoms with Crippen LogP contribution in [0.5, 0.6) is 0 Å². The monoisotopic (exact) mass is 449 g/mol.